The number of likely N-dealkylation sites (tertiary alicyclic amines) is 1. The SMILES string of the molecule is CCCN1CCC(NC(=NC)NCc2cccc(Cn3cccn3)c2)CC1.I. The van der Waals surface area contributed by atoms with Crippen LogP contribution in [0.2, 0.25) is 0 Å². The molecule has 0 unspecified atom stereocenters. The molecule has 0 spiro atoms. The van der Waals surface area contributed by atoms with Crippen LogP contribution in [-0.2, 0) is 13.1 Å². The molecule has 154 valence electrons. The highest BCUT2D eigenvalue weighted by atomic mass is 127. The smallest absolute Gasteiger partial charge is 0.191 e. The lowest BCUT2D eigenvalue weighted by Gasteiger charge is -2.32. The van der Waals surface area contributed by atoms with Gasteiger partial charge in [-0.05, 0) is 43.0 Å². The Morgan fingerprint density at radius 3 is 2.68 bits per heavy atom. The summed E-state index contributed by atoms with van der Waals surface area (Å²) in [4.78, 5) is 6.96. The van der Waals surface area contributed by atoms with Gasteiger partial charge in [0.15, 0.2) is 5.96 Å². The van der Waals surface area contributed by atoms with Crippen molar-refractivity contribution in [2.24, 2.45) is 4.99 Å². The second-order valence-electron chi connectivity index (χ2n) is 7.21. The summed E-state index contributed by atoms with van der Waals surface area (Å²) in [5.74, 6) is 0.890. The first-order chi connectivity index (χ1) is 13.3. The molecular weight excluding hydrogens is 463 g/mol. The average Bonchev–Trinajstić information content (AvgIpc) is 3.20. The van der Waals surface area contributed by atoms with E-state index >= 15 is 0 Å². The van der Waals surface area contributed by atoms with Crippen molar-refractivity contribution in [2.45, 2.75) is 45.3 Å². The molecule has 1 fully saturated rings. The van der Waals surface area contributed by atoms with Gasteiger partial charge in [0.1, 0.15) is 0 Å². The molecule has 1 aliphatic rings. The highest BCUT2D eigenvalue weighted by Gasteiger charge is 2.19. The molecule has 0 aliphatic carbocycles. The normalized spacial score (nSPS) is 15.9. The maximum atomic E-state index is 4.40. The summed E-state index contributed by atoms with van der Waals surface area (Å²) in [6, 6.07) is 11.1. The highest BCUT2D eigenvalue weighted by Crippen LogP contribution is 2.11. The number of piperidine rings is 1. The third kappa shape index (κ3) is 7.09. The van der Waals surface area contributed by atoms with Crippen LogP contribution in [0.15, 0.2) is 47.7 Å². The van der Waals surface area contributed by atoms with Crippen molar-refractivity contribution in [1.29, 1.82) is 0 Å². The summed E-state index contributed by atoms with van der Waals surface area (Å²) in [6.07, 6.45) is 7.40. The zero-order valence-corrected chi connectivity index (χ0v) is 19.3. The van der Waals surface area contributed by atoms with Gasteiger partial charge in [-0.2, -0.15) is 5.10 Å². The molecule has 7 heteroatoms. The number of aromatic nitrogens is 2. The Morgan fingerprint density at radius 1 is 1.21 bits per heavy atom. The number of benzene rings is 1. The molecule has 3 rings (SSSR count). The number of hydrogen-bond donors (Lipinski definition) is 2. The Kier molecular flexibility index (Phi) is 9.77. The van der Waals surface area contributed by atoms with Crippen molar-refractivity contribution in [3.05, 3.63) is 53.9 Å². The van der Waals surface area contributed by atoms with Gasteiger partial charge >= 0.3 is 0 Å². The lowest BCUT2D eigenvalue weighted by Crippen LogP contribution is -2.48. The van der Waals surface area contributed by atoms with Crippen molar-refractivity contribution >= 4 is 29.9 Å². The van der Waals surface area contributed by atoms with E-state index in [1.165, 1.54) is 50.0 Å². The molecule has 0 amide bonds. The van der Waals surface area contributed by atoms with Crippen LogP contribution in [0.5, 0.6) is 0 Å². The quantitative estimate of drug-likeness (QED) is 0.352. The largest absolute Gasteiger partial charge is 0.354 e. The van der Waals surface area contributed by atoms with Crippen LogP contribution in [0, 0.1) is 0 Å². The molecule has 1 aliphatic heterocycles. The molecule has 6 nitrogen and oxygen atoms in total. The highest BCUT2D eigenvalue weighted by molar-refractivity contribution is 14.0. The van der Waals surface area contributed by atoms with E-state index in [1.807, 2.05) is 30.2 Å². The molecule has 2 heterocycles. The fraction of sp³-hybridized carbons (Fsp3) is 0.524. The van der Waals surface area contributed by atoms with E-state index in [1.54, 1.807) is 0 Å². The van der Waals surface area contributed by atoms with Gasteiger partial charge in [0.05, 0.1) is 6.54 Å². The van der Waals surface area contributed by atoms with Crippen molar-refractivity contribution in [3.8, 4) is 0 Å². The van der Waals surface area contributed by atoms with Gasteiger partial charge in [-0.15, -0.1) is 24.0 Å². The molecule has 0 saturated carbocycles. The third-order valence-electron chi connectivity index (χ3n) is 5.05. The molecule has 2 N–H and O–H groups in total. The van der Waals surface area contributed by atoms with Gasteiger partial charge in [-0.1, -0.05) is 31.2 Å². The Balaban J connectivity index is 0.00000280. The van der Waals surface area contributed by atoms with Crippen LogP contribution in [0.1, 0.15) is 37.3 Å². The van der Waals surface area contributed by atoms with E-state index in [2.05, 4.69) is 56.8 Å². The summed E-state index contributed by atoms with van der Waals surface area (Å²) >= 11 is 0. The van der Waals surface area contributed by atoms with Crippen LogP contribution < -0.4 is 10.6 Å². The van der Waals surface area contributed by atoms with Crippen molar-refractivity contribution in [1.82, 2.24) is 25.3 Å². The summed E-state index contributed by atoms with van der Waals surface area (Å²) in [6.45, 7) is 7.39. The standard InChI is InChI=1S/C21H32N6.HI/c1-3-11-26-13-8-20(9-14-26)25-21(22-2)23-16-18-6-4-7-19(15-18)17-27-12-5-10-24-27;/h4-7,10,12,15,20H,3,8-9,11,13-14,16-17H2,1-2H3,(H2,22,23,25);1H. The van der Waals surface area contributed by atoms with Gasteiger partial charge in [0, 0.05) is 45.1 Å². The fourth-order valence-electron chi connectivity index (χ4n) is 3.61. The lowest BCUT2D eigenvalue weighted by molar-refractivity contribution is 0.206. The topological polar surface area (TPSA) is 57.5 Å². The van der Waals surface area contributed by atoms with Crippen LogP contribution in [0.3, 0.4) is 0 Å². The second-order valence-corrected chi connectivity index (χ2v) is 7.21. The predicted octanol–water partition coefficient (Wildman–Crippen LogP) is 3.09. The first kappa shape index (κ1) is 22.7. The molecule has 28 heavy (non-hydrogen) atoms. The fourth-order valence-corrected chi connectivity index (χ4v) is 3.61. The maximum absolute atomic E-state index is 4.40. The van der Waals surface area contributed by atoms with Gasteiger partial charge < -0.3 is 15.5 Å². The van der Waals surface area contributed by atoms with E-state index in [4.69, 9.17) is 0 Å². The Labute approximate surface area is 185 Å². The van der Waals surface area contributed by atoms with E-state index in [-0.39, 0.29) is 24.0 Å². The number of nitrogens with zero attached hydrogens (tertiary/aromatic N) is 4. The number of aliphatic imine (C=N–C) groups is 1. The number of halogens is 1. The van der Waals surface area contributed by atoms with Gasteiger partial charge in [0.2, 0.25) is 0 Å². The maximum Gasteiger partial charge on any atom is 0.191 e. The zero-order chi connectivity index (χ0) is 18.9. The minimum atomic E-state index is 0. The summed E-state index contributed by atoms with van der Waals surface area (Å²) in [7, 11) is 1.84. The van der Waals surface area contributed by atoms with Gasteiger partial charge in [-0.25, -0.2) is 0 Å². The first-order valence-corrected chi connectivity index (χ1v) is 10.0. The molecule has 1 aromatic carbocycles. The molecule has 0 radical (unpaired) electrons. The van der Waals surface area contributed by atoms with Crippen molar-refractivity contribution < 1.29 is 0 Å². The monoisotopic (exact) mass is 496 g/mol. The van der Waals surface area contributed by atoms with E-state index in [0.717, 1.165) is 19.0 Å². The van der Waals surface area contributed by atoms with Crippen LogP contribution >= 0.6 is 24.0 Å². The summed E-state index contributed by atoms with van der Waals surface area (Å²) in [5, 5.41) is 11.3. The summed E-state index contributed by atoms with van der Waals surface area (Å²) < 4.78 is 1.94. The molecule has 2 aromatic rings. The summed E-state index contributed by atoms with van der Waals surface area (Å²) in [5.41, 5.74) is 2.50. The van der Waals surface area contributed by atoms with Gasteiger partial charge in [-0.3, -0.25) is 9.67 Å². The van der Waals surface area contributed by atoms with Crippen molar-refractivity contribution in [3.63, 3.8) is 0 Å². The minimum absolute atomic E-state index is 0. The van der Waals surface area contributed by atoms with Crippen molar-refractivity contribution in [2.75, 3.05) is 26.7 Å². The van der Waals surface area contributed by atoms with Crippen LogP contribution in [0.4, 0.5) is 0 Å². The number of rotatable bonds is 7. The molecule has 1 aromatic heterocycles. The zero-order valence-electron chi connectivity index (χ0n) is 17.0. The van der Waals surface area contributed by atoms with E-state index in [9.17, 15) is 0 Å². The minimum Gasteiger partial charge on any atom is -0.354 e. The number of nitrogens with one attached hydrogen (secondary N) is 2. The average molecular weight is 496 g/mol. The molecule has 0 bridgehead atoms. The first-order valence-electron chi connectivity index (χ1n) is 10.0. The molecular formula is C21H33IN6. The Hall–Kier alpha value is -1.61. The predicted molar refractivity (Wildman–Crippen MR) is 126 cm³/mol. The lowest BCUT2D eigenvalue weighted by atomic mass is 10.1. The van der Waals surface area contributed by atoms with Crippen LogP contribution in [-0.4, -0.2) is 53.4 Å². The third-order valence-corrected chi connectivity index (χ3v) is 5.05. The number of guanidine groups is 1. The molecule has 1 saturated heterocycles. The number of hydrogen-bond acceptors (Lipinski definition) is 3. The Bertz CT molecular complexity index is 707. The van der Waals surface area contributed by atoms with Gasteiger partial charge in [0.25, 0.3) is 0 Å². The van der Waals surface area contributed by atoms with E-state index < -0.39 is 0 Å². The van der Waals surface area contributed by atoms with Crippen LogP contribution in [0.25, 0.3) is 0 Å². The Morgan fingerprint density at radius 2 is 2.00 bits per heavy atom. The molecule has 0 atom stereocenters. The second kappa shape index (κ2) is 12.1. The van der Waals surface area contributed by atoms with E-state index in [0.29, 0.717) is 6.04 Å².